The maximum absolute atomic E-state index is 11.7. The minimum atomic E-state index is -0.0863. The number of aryl methyl sites for hydroxylation is 1. The molecule has 0 unspecified atom stereocenters. The Balaban J connectivity index is 1.63. The molecule has 2 rings (SSSR count). The van der Waals surface area contributed by atoms with Gasteiger partial charge in [0.15, 0.2) is 5.11 Å². The molecule has 0 aliphatic heterocycles. The van der Waals surface area contributed by atoms with Gasteiger partial charge in [-0.2, -0.15) is 0 Å². The van der Waals surface area contributed by atoms with Crippen molar-refractivity contribution in [1.29, 1.82) is 0 Å². The van der Waals surface area contributed by atoms with Crippen LogP contribution in [0.1, 0.15) is 17.7 Å². The zero-order chi connectivity index (χ0) is 15.8. The Labute approximate surface area is 143 Å². The van der Waals surface area contributed by atoms with Crippen LogP contribution in [0.2, 0.25) is 5.02 Å². The standard InChI is InChI=1S/C15H16ClN3OS2/c16-11-6-8-12(9-7-11)17-15(21)19-18-14(20)5-1-3-13-4-2-10-22-13/h2,4,6-10H,1,3,5H2,(H,18,20)(H2,17,19,21). The van der Waals surface area contributed by atoms with Gasteiger partial charge in [0.05, 0.1) is 0 Å². The predicted molar refractivity (Wildman–Crippen MR) is 96.2 cm³/mol. The highest BCUT2D eigenvalue weighted by atomic mass is 35.5. The first-order valence-electron chi connectivity index (χ1n) is 6.77. The monoisotopic (exact) mass is 353 g/mol. The first kappa shape index (κ1) is 16.7. The molecule has 22 heavy (non-hydrogen) atoms. The quantitative estimate of drug-likeness (QED) is 0.566. The molecule has 1 amide bonds. The summed E-state index contributed by atoms with van der Waals surface area (Å²) in [6, 6.07) is 11.2. The van der Waals surface area contributed by atoms with E-state index in [0.29, 0.717) is 16.6 Å². The number of thiocarbonyl (C=S) groups is 1. The van der Waals surface area contributed by atoms with Crippen LogP contribution in [0, 0.1) is 0 Å². The number of amides is 1. The molecule has 0 fully saturated rings. The van der Waals surface area contributed by atoms with Gasteiger partial charge in [-0.05, 0) is 60.8 Å². The maximum Gasteiger partial charge on any atom is 0.238 e. The van der Waals surface area contributed by atoms with Gasteiger partial charge in [0.2, 0.25) is 5.91 Å². The number of thiophene rings is 1. The molecule has 116 valence electrons. The first-order valence-corrected chi connectivity index (χ1v) is 8.44. The normalized spacial score (nSPS) is 10.0. The van der Waals surface area contributed by atoms with Crippen LogP contribution >= 0.6 is 35.2 Å². The fourth-order valence-corrected chi connectivity index (χ4v) is 2.81. The maximum atomic E-state index is 11.7. The number of hydrazine groups is 1. The fourth-order valence-electron chi connectivity index (χ4n) is 1.76. The smallest absolute Gasteiger partial charge is 0.238 e. The average molecular weight is 354 g/mol. The Kier molecular flexibility index (Phi) is 6.64. The number of benzene rings is 1. The Morgan fingerprint density at radius 2 is 1.95 bits per heavy atom. The minimum absolute atomic E-state index is 0.0863. The van der Waals surface area contributed by atoms with E-state index < -0.39 is 0 Å². The number of rotatable bonds is 5. The SMILES string of the molecule is O=C(CCCc1cccs1)NNC(=S)Nc1ccc(Cl)cc1. The number of carbonyl (C=O) groups is 1. The molecule has 1 aromatic heterocycles. The zero-order valence-corrected chi connectivity index (χ0v) is 14.2. The summed E-state index contributed by atoms with van der Waals surface area (Å²) in [7, 11) is 0. The molecular formula is C15H16ClN3OS2. The van der Waals surface area contributed by atoms with E-state index in [4.69, 9.17) is 23.8 Å². The van der Waals surface area contributed by atoms with Crippen LogP contribution < -0.4 is 16.2 Å². The lowest BCUT2D eigenvalue weighted by Crippen LogP contribution is -2.43. The van der Waals surface area contributed by atoms with Gasteiger partial charge in [-0.1, -0.05) is 17.7 Å². The van der Waals surface area contributed by atoms with Crippen molar-refractivity contribution in [2.24, 2.45) is 0 Å². The Bertz CT molecular complexity index is 614. The van der Waals surface area contributed by atoms with Gasteiger partial charge in [-0.3, -0.25) is 15.6 Å². The van der Waals surface area contributed by atoms with Gasteiger partial charge >= 0.3 is 0 Å². The van der Waals surface area contributed by atoms with E-state index in [1.807, 2.05) is 11.4 Å². The Morgan fingerprint density at radius 3 is 2.64 bits per heavy atom. The van der Waals surface area contributed by atoms with Crippen molar-refractivity contribution >= 4 is 51.9 Å². The topological polar surface area (TPSA) is 53.2 Å². The summed E-state index contributed by atoms with van der Waals surface area (Å²) in [4.78, 5) is 13.0. The summed E-state index contributed by atoms with van der Waals surface area (Å²) in [5, 5.41) is 5.97. The lowest BCUT2D eigenvalue weighted by molar-refractivity contribution is -0.121. The summed E-state index contributed by atoms with van der Waals surface area (Å²) < 4.78 is 0. The highest BCUT2D eigenvalue weighted by Crippen LogP contribution is 2.13. The molecule has 0 bridgehead atoms. The molecular weight excluding hydrogens is 338 g/mol. The fraction of sp³-hybridized carbons (Fsp3) is 0.200. The van der Waals surface area contributed by atoms with Crippen molar-refractivity contribution in [2.75, 3.05) is 5.32 Å². The number of hydrogen-bond donors (Lipinski definition) is 3. The Hall–Kier alpha value is -1.63. The van der Waals surface area contributed by atoms with Crippen LogP contribution in [0.3, 0.4) is 0 Å². The van der Waals surface area contributed by atoms with Crippen LogP contribution in [-0.2, 0) is 11.2 Å². The molecule has 1 aromatic carbocycles. The second-order valence-electron chi connectivity index (χ2n) is 4.57. The number of hydrogen-bond acceptors (Lipinski definition) is 3. The Morgan fingerprint density at radius 1 is 1.18 bits per heavy atom. The van der Waals surface area contributed by atoms with Gasteiger partial charge in [0, 0.05) is 22.0 Å². The number of halogens is 1. The third-order valence-corrected chi connectivity index (χ3v) is 4.22. The van der Waals surface area contributed by atoms with E-state index in [-0.39, 0.29) is 5.91 Å². The molecule has 2 aromatic rings. The zero-order valence-electron chi connectivity index (χ0n) is 11.8. The van der Waals surface area contributed by atoms with E-state index in [2.05, 4.69) is 22.2 Å². The van der Waals surface area contributed by atoms with Crippen molar-refractivity contribution in [3.05, 3.63) is 51.7 Å². The minimum Gasteiger partial charge on any atom is -0.331 e. The third kappa shape index (κ3) is 6.01. The average Bonchev–Trinajstić information content (AvgIpc) is 3.01. The molecule has 0 spiro atoms. The van der Waals surface area contributed by atoms with Gasteiger partial charge in [0.1, 0.15) is 0 Å². The van der Waals surface area contributed by atoms with Crippen LogP contribution in [0.25, 0.3) is 0 Å². The lowest BCUT2D eigenvalue weighted by Gasteiger charge is -2.11. The molecule has 0 radical (unpaired) electrons. The number of anilines is 1. The van der Waals surface area contributed by atoms with Gasteiger partial charge in [-0.25, -0.2) is 0 Å². The molecule has 0 aliphatic carbocycles. The second-order valence-corrected chi connectivity index (χ2v) is 6.44. The summed E-state index contributed by atoms with van der Waals surface area (Å²) >= 11 is 12.6. The summed E-state index contributed by atoms with van der Waals surface area (Å²) in [5.74, 6) is -0.0863. The van der Waals surface area contributed by atoms with Crippen molar-refractivity contribution in [3.8, 4) is 0 Å². The molecule has 0 aliphatic rings. The van der Waals surface area contributed by atoms with Crippen molar-refractivity contribution in [3.63, 3.8) is 0 Å². The van der Waals surface area contributed by atoms with Crippen LogP contribution in [-0.4, -0.2) is 11.0 Å². The van der Waals surface area contributed by atoms with Crippen molar-refractivity contribution < 1.29 is 4.79 Å². The summed E-state index contributed by atoms with van der Waals surface area (Å²) in [5.41, 5.74) is 6.06. The molecule has 3 N–H and O–H groups in total. The van der Waals surface area contributed by atoms with E-state index >= 15 is 0 Å². The van der Waals surface area contributed by atoms with Gasteiger partial charge < -0.3 is 5.32 Å². The molecule has 4 nitrogen and oxygen atoms in total. The van der Waals surface area contributed by atoms with Crippen molar-refractivity contribution in [2.45, 2.75) is 19.3 Å². The molecule has 7 heteroatoms. The number of carbonyl (C=O) groups excluding carboxylic acids is 1. The van der Waals surface area contributed by atoms with Crippen LogP contribution in [0.4, 0.5) is 5.69 Å². The van der Waals surface area contributed by atoms with E-state index in [1.54, 1.807) is 35.6 Å². The highest BCUT2D eigenvalue weighted by molar-refractivity contribution is 7.80. The largest absolute Gasteiger partial charge is 0.331 e. The van der Waals surface area contributed by atoms with E-state index in [1.165, 1.54) is 4.88 Å². The van der Waals surface area contributed by atoms with Gasteiger partial charge in [-0.15, -0.1) is 11.3 Å². The van der Waals surface area contributed by atoms with Crippen molar-refractivity contribution in [1.82, 2.24) is 10.9 Å². The van der Waals surface area contributed by atoms with Crippen LogP contribution in [0.5, 0.6) is 0 Å². The highest BCUT2D eigenvalue weighted by Gasteiger charge is 2.03. The molecule has 1 heterocycles. The first-order chi connectivity index (χ1) is 10.6. The summed E-state index contributed by atoms with van der Waals surface area (Å²) in [6.45, 7) is 0. The second kappa shape index (κ2) is 8.73. The predicted octanol–water partition coefficient (Wildman–Crippen LogP) is 3.74. The third-order valence-electron chi connectivity index (χ3n) is 2.82. The van der Waals surface area contributed by atoms with E-state index in [9.17, 15) is 4.79 Å². The van der Waals surface area contributed by atoms with Crippen LogP contribution in [0.15, 0.2) is 41.8 Å². The number of nitrogens with one attached hydrogen (secondary N) is 3. The van der Waals surface area contributed by atoms with E-state index in [0.717, 1.165) is 18.5 Å². The van der Waals surface area contributed by atoms with Gasteiger partial charge in [0.25, 0.3) is 0 Å². The molecule has 0 atom stereocenters. The summed E-state index contributed by atoms with van der Waals surface area (Å²) in [6.07, 6.45) is 2.18. The molecule has 0 saturated carbocycles. The molecule has 0 saturated heterocycles. The lowest BCUT2D eigenvalue weighted by atomic mass is 10.2.